The minimum Gasteiger partial charge on any atom is -0.497 e. The van der Waals surface area contributed by atoms with Gasteiger partial charge in [-0.15, -0.1) is 0 Å². The highest BCUT2D eigenvalue weighted by molar-refractivity contribution is 5.94. The summed E-state index contributed by atoms with van der Waals surface area (Å²) < 4.78 is 10.7. The van der Waals surface area contributed by atoms with Gasteiger partial charge in [0.2, 0.25) is 5.91 Å². The van der Waals surface area contributed by atoms with Crippen molar-refractivity contribution >= 4 is 17.5 Å². The molecule has 0 saturated heterocycles. The number of carbonyl (C=O) groups is 2. The van der Waals surface area contributed by atoms with Gasteiger partial charge < -0.3 is 20.1 Å². The van der Waals surface area contributed by atoms with E-state index in [1.165, 1.54) is 0 Å². The van der Waals surface area contributed by atoms with Crippen LogP contribution in [-0.4, -0.2) is 25.5 Å². The quantitative estimate of drug-likeness (QED) is 0.751. The lowest BCUT2D eigenvalue weighted by Gasteiger charge is -2.11. The molecule has 6 heteroatoms. The van der Waals surface area contributed by atoms with Crippen LogP contribution in [0.25, 0.3) is 0 Å². The maximum Gasteiger partial charge on any atom is 0.258 e. The first-order valence-electron chi connectivity index (χ1n) is 8.99. The van der Waals surface area contributed by atoms with Crippen LogP contribution >= 0.6 is 0 Å². The van der Waals surface area contributed by atoms with Crippen molar-refractivity contribution in [3.8, 4) is 11.5 Å². The predicted molar refractivity (Wildman–Crippen MR) is 103 cm³/mol. The van der Waals surface area contributed by atoms with Crippen LogP contribution in [0.4, 0.5) is 5.69 Å². The van der Waals surface area contributed by atoms with Crippen molar-refractivity contribution in [3.05, 3.63) is 53.6 Å². The Morgan fingerprint density at radius 1 is 1.15 bits per heavy atom. The summed E-state index contributed by atoms with van der Waals surface area (Å²) in [5.74, 6) is 1.41. The highest BCUT2D eigenvalue weighted by Gasteiger charge is 2.29. The number of carbonyl (C=O) groups excluding carboxylic acids is 2. The highest BCUT2D eigenvalue weighted by Crippen LogP contribution is 2.30. The Hall–Kier alpha value is -3.02. The smallest absolute Gasteiger partial charge is 0.258 e. The predicted octanol–water partition coefficient (Wildman–Crippen LogP) is 3.05. The molecule has 2 aromatic carbocycles. The van der Waals surface area contributed by atoms with Crippen molar-refractivity contribution in [1.82, 2.24) is 5.32 Å². The second-order valence-electron chi connectivity index (χ2n) is 6.66. The van der Waals surface area contributed by atoms with Crippen LogP contribution in [0.5, 0.6) is 11.5 Å². The van der Waals surface area contributed by atoms with Gasteiger partial charge in [0.05, 0.1) is 7.11 Å². The Bertz CT molecular complexity index is 831. The zero-order chi connectivity index (χ0) is 19.2. The third-order valence-corrected chi connectivity index (χ3v) is 4.37. The Morgan fingerprint density at radius 2 is 1.96 bits per heavy atom. The Kier molecular flexibility index (Phi) is 5.96. The summed E-state index contributed by atoms with van der Waals surface area (Å²) in [4.78, 5) is 23.9. The van der Waals surface area contributed by atoms with Gasteiger partial charge in [-0.3, -0.25) is 9.59 Å². The lowest BCUT2D eigenvalue weighted by molar-refractivity contribution is -0.123. The van der Waals surface area contributed by atoms with E-state index >= 15 is 0 Å². The highest BCUT2D eigenvalue weighted by atomic mass is 16.5. The molecular weight excluding hydrogens is 344 g/mol. The number of nitrogens with one attached hydrogen (secondary N) is 2. The average Bonchev–Trinajstić information content (AvgIpc) is 3.51. The SMILES string of the molecule is COc1ccc(OCC(=O)NCc2cccc(NC(=O)C3CC3)c2)c(C)c1. The first kappa shape index (κ1) is 18.8. The van der Waals surface area contributed by atoms with Gasteiger partial charge in [-0.25, -0.2) is 0 Å². The first-order chi connectivity index (χ1) is 13.0. The Morgan fingerprint density at radius 3 is 2.67 bits per heavy atom. The number of methoxy groups -OCH3 is 1. The van der Waals surface area contributed by atoms with E-state index in [0.717, 1.165) is 35.4 Å². The summed E-state index contributed by atoms with van der Waals surface area (Å²) in [6.07, 6.45) is 1.94. The fourth-order valence-electron chi connectivity index (χ4n) is 2.65. The molecular formula is C21H24N2O4. The Balaban J connectivity index is 1.46. The third-order valence-electron chi connectivity index (χ3n) is 4.37. The molecule has 0 bridgehead atoms. The van der Waals surface area contributed by atoms with Gasteiger partial charge in [0, 0.05) is 18.2 Å². The van der Waals surface area contributed by atoms with E-state index in [9.17, 15) is 9.59 Å². The van der Waals surface area contributed by atoms with E-state index in [-0.39, 0.29) is 24.3 Å². The second-order valence-corrected chi connectivity index (χ2v) is 6.66. The number of amides is 2. The Labute approximate surface area is 158 Å². The van der Waals surface area contributed by atoms with Crippen LogP contribution in [0.15, 0.2) is 42.5 Å². The number of anilines is 1. The number of hydrogen-bond acceptors (Lipinski definition) is 4. The molecule has 0 radical (unpaired) electrons. The van der Waals surface area contributed by atoms with Crippen LogP contribution in [-0.2, 0) is 16.1 Å². The molecule has 6 nitrogen and oxygen atoms in total. The zero-order valence-electron chi connectivity index (χ0n) is 15.6. The van der Waals surface area contributed by atoms with Gasteiger partial charge in [-0.05, 0) is 61.2 Å². The largest absolute Gasteiger partial charge is 0.497 e. The molecule has 1 fully saturated rings. The number of rotatable bonds is 8. The summed E-state index contributed by atoms with van der Waals surface area (Å²) in [5, 5.41) is 5.73. The molecule has 0 atom stereocenters. The van der Waals surface area contributed by atoms with Gasteiger partial charge >= 0.3 is 0 Å². The van der Waals surface area contributed by atoms with Gasteiger partial charge in [0.25, 0.3) is 5.91 Å². The number of benzene rings is 2. The molecule has 2 amide bonds. The van der Waals surface area contributed by atoms with Gasteiger partial charge in [0.15, 0.2) is 6.61 Å². The van der Waals surface area contributed by atoms with E-state index in [4.69, 9.17) is 9.47 Å². The minimum atomic E-state index is -0.211. The van der Waals surface area contributed by atoms with E-state index < -0.39 is 0 Å². The minimum absolute atomic E-state index is 0.0642. The van der Waals surface area contributed by atoms with Crippen molar-refractivity contribution in [2.75, 3.05) is 19.0 Å². The molecule has 142 valence electrons. The fourth-order valence-corrected chi connectivity index (χ4v) is 2.65. The van der Waals surface area contributed by atoms with Crippen LogP contribution in [0.2, 0.25) is 0 Å². The molecule has 0 aliphatic heterocycles. The van der Waals surface area contributed by atoms with E-state index in [1.807, 2.05) is 37.3 Å². The zero-order valence-corrected chi connectivity index (χ0v) is 15.6. The summed E-state index contributed by atoms with van der Waals surface area (Å²) in [6, 6.07) is 12.9. The maximum absolute atomic E-state index is 12.1. The molecule has 27 heavy (non-hydrogen) atoms. The number of aryl methyl sites for hydroxylation is 1. The molecule has 1 aliphatic rings. The molecule has 0 heterocycles. The molecule has 0 aromatic heterocycles. The summed E-state index contributed by atoms with van der Waals surface area (Å²) in [7, 11) is 1.61. The standard InChI is InChI=1S/C21H24N2O4/c1-14-10-18(26-2)8-9-19(14)27-13-20(24)22-12-15-4-3-5-17(11-15)23-21(25)16-6-7-16/h3-5,8-11,16H,6-7,12-13H2,1-2H3,(H,22,24)(H,23,25). The van der Waals surface area contributed by atoms with Crippen molar-refractivity contribution in [2.45, 2.75) is 26.3 Å². The lowest BCUT2D eigenvalue weighted by atomic mass is 10.2. The molecule has 2 N–H and O–H groups in total. The molecule has 1 saturated carbocycles. The number of ether oxygens (including phenoxy) is 2. The van der Waals surface area contributed by atoms with Crippen LogP contribution in [0, 0.1) is 12.8 Å². The van der Waals surface area contributed by atoms with E-state index in [1.54, 1.807) is 19.2 Å². The second kappa shape index (κ2) is 8.58. The van der Waals surface area contributed by atoms with E-state index in [2.05, 4.69) is 10.6 Å². The van der Waals surface area contributed by atoms with Crippen LogP contribution in [0.3, 0.4) is 0 Å². The molecule has 0 spiro atoms. The molecule has 0 unspecified atom stereocenters. The number of hydrogen-bond donors (Lipinski definition) is 2. The summed E-state index contributed by atoms with van der Waals surface area (Å²) in [5.41, 5.74) is 2.57. The maximum atomic E-state index is 12.1. The van der Waals surface area contributed by atoms with Crippen LogP contribution in [0.1, 0.15) is 24.0 Å². The van der Waals surface area contributed by atoms with E-state index in [0.29, 0.717) is 12.3 Å². The summed E-state index contributed by atoms with van der Waals surface area (Å²) >= 11 is 0. The topological polar surface area (TPSA) is 76.7 Å². The molecule has 2 aromatic rings. The van der Waals surface area contributed by atoms with Gasteiger partial charge in [0.1, 0.15) is 11.5 Å². The fraction of sp³-hybridized carbons (Fsp3) is 0.333. The van der Waals surface area contributed by atoms with Crippen molar-refractivity contribution < 1.29 is 19.1 Å². The normalized spacial score (nSPS) is 13.0. The van der Waals surface area contributed by atoms with Gasteiger partial charge in [-0.2, -0.15) is 0 Å². The monoisotopic (exact) mass is 368 g/mol. The molecule has 1 aliphatic carbocycles. The van der Waals surface area contributed by atoms with Gasteiger partial charge in [-0.1, -0.05) is 12.1 Å². The summed E-state index contributed by atoms with van der Waals surface area (Å²) in [6.45, 7) is 2.21. The molecule has 3 rings (SSSR count). The lowest BCUT2D eigenvalue weighted by Crippen LogP contribution is -2.28. The average molecular weight is 368 g/mol. The first-order valence-corrected chi connectivity index (χ1v) is 8.99. The van der Waals surface area contributed by atoms with Crippen molar-refractivity contribution in [3.63, 3.8) is 0 Å². The van der Waals surface area contributed by atoms with Crippen LogP contribution < -0.4 is 20.1 Å². The van der Waals surface area contributed by atoms with Crippen molar-refractivity contribution in [1.29, 1.82) is 0 Å². The van der Waals surface area contributed by atoms with Crippen molar-refractivity contribution in [2.24, 2.45) is 5.92 Å². The third kappa shape index (κ3) is 5.48.